The number of ether oxygens (including phenoxy) is 3. The molecule has 146 valence electrons. The molecule has 0 aliphatic heterocycles. The van der Waals surface area contributed by atoms with Gasteiger partial charge in [-0.2, -0.15) is 0 Å². The van der Waals surface area contributed by atoms with Crippen LogP contribution in [0.25, 0.3) is 10.9 Å². The molecule has 3 rings (SSSR count). The van der Waals surface area contributed by atoms with Crippen LogP contribution < -0.4 is 25.1 Å². The SMILES string of the molecule is COc1cc(NC(=O)Cn2c(=S)[nH]c3ccccc3c2=O)cc(OC)c1OC. The lowest BCUT2D eigenvalue weighted by molar-refractivity contribution is -0.116. The summed E-state index contributed by atoms with van der Waals surface area (Å²) in [6.45, 7) is -0.240. The van der Waals surface area contributed by atoms with Gasteiger partial charge in [0, 0.05) is 17.8 Å². The molecular formula is C19H19N3O5S. The molecule has 0 saturated heterocycles. The van der Waals surface area contributed by atoms with E-state index in [4.69, 9.17) is 26.4 Å². The molecule has 0 aliphatic carbocycles. The molecule has 2 aromatic carbocycles. The van der Waals surface area contributed by atoms with Crippen LogP contribution in [0, 0.1) is 4.77 Å². The Kier molecular flexibility index (Phi) is 5.65. The number of hydrogen-bond donors (Lipinski definition) is 2. The number of para-hydroxylation sites is 1. The number of nitrogens with zero attached hydrogens (tertiary/aromatic N) is 1. The first kappa shape index (κ1) is 19.4. The third-order valence-corrected chi connectivity index (χ3v) is 4.46. The van der Waals surface area contributed by atoms with Crippen LogP contribution in [0.5, 0.6) is 17.2 Å². The molecule has 28 heavy (non-hydrogen) atoms. The molecule has 8 nitrogen and oxygen atoms in total. The van der Waals surface area contributed by atoms with Gasteiger partial charge in [-0.25, -0.2) is 0 Å². The largest absolute Gasteiger partial charge is 0.493 e. The van der Waals surface area contributed by atoms with E-state index in [0.29, 0.717) is 33.8 Å². The van der Waals surface area contributed by atoms with Gasteiger partial charge in [-0.3, -0.25) is 14.2 Å². The summed E-state index contributed by atoms with van der Waals surface area (Å²) < 4.78 is 17.2. The molecule has 1 amide bonds. The van der Waals surface area contributed by atoms with E-state index in [2.05, 4.69) is 10.3 Å². The Bertz CT molecular complexity index is 1130. The number of carbonyl (C=O) groups excluding carboxylic acids is 1. The maximum Gasteiger partial charge on any atom is 0.262 e. The number of fused-ring (bicyclic) bond motifs is 1. The van der Waals surface area contributed by atoms with E-state index in [1.54, 1.807) is 36.4 Å². The zero-order chi connectivity index (χ0) is 20.3. The van der Waals surface area contributed by atoms with Crippen LogP contribution in [0.3, 0.4) is 0 Å². The molecule has 2 N–H and O–H groups in total. The van der Waals surface area contributed by atoms with Crippen molar-refractivity contribution in [3.63, 3.8) is 0 Å². The highest BCUT2D eigenvalue weighted by Crippen LogP contribution is 2.39. The van der Waals surface area contributed by atoms with Crippen LogP contribution in [0.1, 0.15) is 0 Å². The zero-order valence-electron chi connectivity index (χ0n) is 15.6. The van der Waals surface area contributed by atoms with E-state index >= 15 is 0 Å². The number of aromatic amines is 1. The van der Waals surface area contributed by atoms with E-state index in [-0.39, 0.29) is 16.9 Å². The number of rotatable bonds is 6. The van der Waals surface area contributed by atoms with E-state index < -0.39 is 5.91 Å². The van der Waals surface area contributed by atoms with Crippen molar-refractivity contribution in [1.82, 2.24) is 9.55 Å². The molecule has 0 unspecified atom stereocenters. The average molecular weight is 401 g/mol. The summed E-state index contributed by atoms with van der Waals surface area (Å²) in [5.41, 5.74) is 0.724. The quantitative estimate of drug-likeness (QED) is 0.617. The van der Waals surface area contributed by atoms with Crippen molar-refractivity contribution in [3.05, 3.63) is 51.5 Å². The molecule has 0 spiro atoms. The van der Waals surface area contributed by atoms with Gasteiger partial charge < -0.3 is 24.5 Å². The van der Waals surface area contributed by atoms with Crippen molar-refractivity contribution in [2.24, 2.45) is 0 Å². The van der Waals surface area contributed by atoms with Crippen molar-refractivity contribution >= 4 is 34.7 Å². The number of methoxy groups -OCH3 is 3. The van der Waals surface area contributed by atoms with Crippen molar-refractivity contribution in [1.29, 1.82) is 0 Å². The topological polar surface area (TPSA) is 94.6 Å². The molecule has 1 aromatic heterocycles. The maximum atomic E-state index is 12.7. The molecule has 0 radical (unpaired) electrons. The number of amides is 1. The molecule has 1 heterocycles. The molecular weight excluding hydrogens is 382 g/mol. The third-order valence-electron chi connectivity index (χ3n) is 4.14. The zero-order valence-corrected chi connectivity index (χ0v) is 16.4. The molecule has 0 aliphatic rings. The highest BCUT2D eigenvalue weighted by Gasteiger charge is 2.15. The van der Waals surface area contributed by atoms with Gasteiger partial charge in [0.25, 0.3) is 5.56 Å². The second-order valence-corrected chi connectivity index (χ2v) is 6.22. The summed E-state index contributed by atoms with van der Waals surface area (Å²) in [6, 6.07) is 10.2. The van der Waals surface area contributed by atoms with E-state index in [1.165, 1.54) is 25.9 Å². The maximum absolute atomic E-state index is 12.7. The molecule has 0 bridgehead atoms. The highest BCUT2D eigenvalue weighted by atomic mass is 32.1. The first-order valence-corrected chi connectivity index (χ1v) is 8.71. The normalized spacial score (nSPS) is 10.5. The van der Waals surface area contributed by atoms with Crippen LogP contribution in [-0.2, 0) is 11.3 Å². The van der Waals surface area contributed by atoms with Gasteiger partial charge in [0.2, 0.25) is 11.7 Å². The van der Waals surface area contributed by atoms with Crippen molar-refractivity contribution < 1.29 is 19.0 Å². The predicted octanol–water partition coefficient (Wildman–Crippen LogP) is 2.72. The number of carbonyl (C=O) groups is 1. The Morgan fingerprint density at radius 3 is 2.36 bits per heavy atom. The van der Waals surface area contributed by atoms with Gasteiger partial charge in [0.1, 0.15) is 6.54 Å². The highest BCUT2D eigenvalue weighted by molar-refractivity contribution is 7.71. The van der Waals surface area contributed by atoms with Gasteiger partial charge in [-0.1, -0.05) is 12.1 Å². The standard InChI is InChI=1S/C19H19N3O5S/c1-25-14-8-11(9-15(26-2)17(14)27-3)20-16(23)10-22-18(24)12-6-4-5-7-13(12)21-19(22)28/h4-9H,10H2,1-3H3,(H,20,23)(H,21,28). The van der Waals surface area contributed by atoms with Crippen LogP contribution in [0.2, 0.25) is 0 Å². The average Bonchev–Trinajstić information content (AvgIpc) is 2.70. The van der Waals surface area contributed by atoms with Crippen molar-refractivity contribution in [2.45, 2.75) is 6.54 Å². The van der Waals surface area contributed by atoms with Gasteiger partial charge in [-0.05, 0) is 24.4 Å². The fourth-order valence-corrected chi connectivity index (χ4v) is 3.10. The number of anilines is 1. The van der Waals surface area contributed by atoms with Gasteiger partial charge in [-0.15, -0.1) is 0 Å². The number of nitrogens with one attached hydrogen (secondary N) is 2. The Hall–Kier alpha value is -3.33. The summed E-state index contributed by atoms with van der Waals surface area (Å²) in [7, 11) is 4.46. The molecule has 3 aromatic rings. The summed E-state index contributed by atoms with van der Waals surface area (Å²) in [4.78, 5) is 28.2. The number of aromatic nitrogens is 2. The minimum Gasteiger partial charge on any atom is -0.493 e. The van der Waals surface area contributed by atoms with Crippen LogP contribution in [0.15, 0.2) is 41.2 Å². The Morgan fingerprint density at radius 2 is 1.75 bits per heavy atom. The van der Waals surface area contributed by atoms with Gasteiger partial charge >= 0.3 is 0 Å². The lowest BCUT2D eigenvalue weighted by Gasteiger charge is -2.15. The predicted molar refractivity (Wildman–Crippen MR) is 108 cm³/mol. The fourth-order valence-electron chi connectivity index (χ4n) is 2.84. The molecule has 0 saturated carbocycles. The second-order valence-electron chi connectivity index (χ2n) is 5.83. The summed E-state index contributed by atoms with van der Waals surface area (Å²) in [6.07, 6.45) is 0. The number of H-pyrrole nitrogens is 1. The molecule has 0 fully saturated rings. The van der Waals surface area contributed by atoms with E-state index in [1.807, 2.05) is 0 Å². The smallest absolute Gasteiger partial charge is 0.262 e. The van der Waals surface area contributed by atoms with Crippen LogP contribution >= 0.6 is 12.2 Å². The monoisotopic (exact) mass is 401 g/mol. The Balaban J connectivity index is 1.90. The summed E-state index contributed by atoms with van der Waals surface area (Å²) in [5, 5.41) is 3.17. The summed E-state index contributed by atoms with van der Waals surface area (Å²) in [5.74, 6) is 0.789. The van der Waals surface area contributed by atoms with E-state index in [0.717, 1.165) is 0 Å². The van der Waals surface area contributed by atoms with E-state index in [9.17, 15) is 9.59 Å². The minimum atomic E-state index is -0.425. The second kappa shape index (κ2) is 8.13. The lowest BCUT2D eigenvalue weighted by atomic mass is 10.2. The fraction of sp³-hybridized carbons (Fsp3) is 0.211. The number of benzene rings is 2. The van der Waals surface area contributed by atoms with Crippen molar-refractivity contribution in [3.8, 4) is 17.2 Å². The van der Waals surface area contributed by atoms with Crippen LogP contribution in [-0.4, -0.2) is 36.8 Å². The minimum absolute atomic E-state index is 0.170. The first-order valence-electron chi connectivity index (χ1n) is 8.30. The third kappa shape index (κ3) is 3.70. The number of hydrogen-bond acceptors (Lipinski definition) is 6. The summed E-state index contributed by atoms with van der Waals surface area (Å²) >= 11 is 5.23. The van der Waals surface area contributed by atoms with Crippen LogP contribution in [0.4, 0.5) is 5.69 Å². The lowest BCUT2D eigenvalue weighted by Crippen LogP contribution is -2.29. The van der Waals surface area contributed by atoms with Gasteiger partial charge in [0.05, 0.1) is 32.2 Å². The molecule has 9 heteroatoms. The van der Waals surface area contributed by atoms with Gasteiger partial charge in [0.15, 0.2) is 16.3 Å². The molecule has 0 atom stereocenters. The Labute approximate surface area is 165 Å². The Morgan fingerprint density at radius 1 is 1.11 bits per heavy atom. The first-order chi connectivity index (χ1) is 13.5. The van der Waals surface area contributed by atoms with Crippen molar-refractivity contribution in [2.75, 3.05) is 26.6 Å².